The number of hydrogen-bond acceptors (Lipinski definition) is 4. The number of fused-ring (bicyclic) bond motifs is 2. The van der Waals surface area contributed by atoms with Gasteiger partial charge in [0.05, 0.1) is 5.92 Å². The molecule has 0 aromatic heterocycles. The van der Waals surface area contributed by atoms with E-state index in [1.54, 1.807) is 19.1 Å². The van der Waals surface area contributed by atoms with Crippen molar-refractivity contribution >= 4 is 34.9 Å². The molecule has 0 radical (unpaired) electrons. The number of esters is 1. The maximum atomic E-state index is 12.5. The second-order valence-corrected chi connectivity index (χ2v) is 7.86. The largest absolute Gasteiger partial charge is 0.452 e. The van der Waals surface area contributed by atoms with Crippen molar-refractivity contribution in [3.63, 3.8) is 0 Å². The number of carbonyl (C=O) groups excluding carboxylic acids is 3. The molecular weight excluding hydrogens is 354 g/mol. The van der Waals surface area contributed by atoms with Gasteiger partial charge < -0.3 is 10.1 Å². The Balaban J connectivity index is 1.58. The minimum atomic E-state index is -0.904. The lowest BCUT2D eigenvalue weighted by atomic mass is 9.67. The standard InChI is InChI=1S/C20H24ClNO4/c1-11-6-7-16(21)10-17(11)22-19(24)12(2)26-20(25)15-8-13-4-3-5-14(9-15)18(13)23/h6-7,10,12-15H,3-5,8-9H2,1-2H3,(H,22,24)/t12-,13-,14+,15?/m1/s1. The van der Waals surface area contributed by atoms with Gasteiger partial charge in [-0.05, 0) is 57.2 Å². The van der Waals surface area contributed by atoms with Crippen molar-refractivity contribution in [1.29, 1.82) is 0 Å². The van der Waals surface area contributed by atoms with E-state index in [1.165, 1.54) is 0 Å². The molecule has 2 aliphatic rings. The highest BCUT2D eigenvalue weighted by Gasteiger charge is 2.42. The quantitative estimate of drug-likeness (QED) is 0.807. The Morgan fingerprint density at radius 3 is 2.54 bits per heavy atom. The molecular formula is C20H24ClNO4. The van der Waals surface area contributed by atoms with E-state index in [1.807, 2.05) is 13.0 Å². The van der Waals surface area contributed by atoms with Crippen LogP contribution in [0.3, 0.4) is 0 Å². The van der Waals surface area contributed by atoms with E-state index in [0.717, 1.165) is 24.8 Å². The predicted molar refractivity (Wildman–Crippen MR) is 98.9 cm³/mol. The summed E-state index contributed by atoms with van der Waals surface area (Å²) in [4.78, 5) is 37.0. The van der Waals surface area contributed by atoms with Crippen molar-refractivity contribution in [3.8, 4) is 0 Å². The van der Waals surface area contributed by atoms with Gasteiger partial charge in [0, 0.05) is 22.5 Å². The number of amides is 1. The van der Waals surface area contributed by atoms with Gasteiger partial charge in [0.25, 0.3) is 5.91 Å². The lowest BCUT2D eigenvalue weighted by molar-refractivity contribution is -0.161. The van der Waals surface area contributed by atoms with Crippen molar-refractivity contribution in [2.24, 2.45) is 17.8 Å². The SMILES string of the molecule is Cc1ccc(Cl)cc1NC(=O)[C@@H](C)OC(=O)C1C[C@H]2CCC[C@@H](C1)C2=O. The van der Waals surface area contributed by atoms with Gasteiger partial charge in [0.1, 0.15) is 5.78 Å². The van der Waals surface area contributed by atoms with Gasteiger partial charge in [0.2, 0.25) is 0 Å². The molecule has 1 N–H and O–H groups in total. The number of anilines is 1. The van der Waals surface area contributed by atoms with Crippen molar-refractivity contribution in [3.05, 3.63) is 28.8 Å². The summed E-state index contributed by atoms with van der Waals surface area (Å²) in [5, 5.41) is 3.27. The zero-order valence-corrected chi connectivity index (χ0v) is 15.8. The highest BCUT2D eigenvalue weighted by atomic mass is 35.5. The molecule has 3 rings (SSSR count). The Labute approximate surface area is 158 Å². The molecule has 2 aliphatic carbocycles. The van der Waals surface area contributed by atoms with Crippen molar-refractivity contribution < 1.29 is 19.1 Å². The van der Waals surface area contributed by atoms with Crippen LogP contribution >= 0.6 is 11.6 Å². The number of halogens is 1. The smallest absolute Gasteiger partial charge is 0.309 e. The molecule has 0 aliphatic heterocycles. The van der Waals surface area contributed by atoms with Crippen LogP contribution in [0.4, 0.5) is 5.69 Å². The second kappa shape index (κ2) is 7.78. The van der Waals surface area contributed by atoms with Crippen molar-refractivity contribution in [1.82, 2.24) is 0 Å². The monoisotopic (exact) mass is 377 g/mol. The molecule has 26 heavy (non-hydrogen) atoms. The molecule has 0 spiro atoms. The molecule has 0 heterocycles. The molecule has 5 nitrogen and oxygen atoms in total. The van der Waals surface area contributed by atoms with Gasteiger partial charge >= 0.3 is 5.97 Å². The van der Waals surface area contributed by atoms with Crippen LogP contribution in [0.1, 0.15) is 44.6 Å². The number of carbonyl (C=O) groups is 3. The number of nitrogens with one attached hydrogen (secondary N) is 1. The number of ketones is 1. The van der Waals surface area contributed by atoms with Gasteiger partial charge in [-0.15, -0.1) is 0 Å². The third kappa shape index (κ3) is 4.09. The molecule has 6 heteroatoms. The summed E-state index contributed by atoms with van der Waals surface area (Å²) >= 11 is 5.96. The van der Waals surface area contributed by atoms with Crippen LogP contribution in [0.25, 0.3) is 0 Å². The maximum absolute atomic E-state index is 12.5. The molecule has 1 unspecified atom stereocenters. The molecule has 2 bridgehead atoms. The summed E-state index contributed by atoms with van der Waals surface area (Å²) < 4.78 is 5.40. The number of aryl methyl sites for hydroxylation is 1. The fourth-order valence-electron chi connectivity index (χ4n) is 3.96. The predicted octanol–water partition coefficient (Wildman–Crippen LogP) is 3.91. The average Bonchev–Trinajstić information content (AvgIpc) is 2.57. The van der Waals surface area contributed by atoms with Crippen LogP contribution in [0.2, 0.25) is 5.02 Å². The average molecular weight is 378 g/mol. The third-order valence-corrected chi connectivity index (χ3v) is 5.74. The first kappa shape index (κ1) is 18.9. The second-order valence-electron chi connectivity index (χ2n) is 7.42. The topological polar surface area (TPSA) is 72.5 Å². The zero-order chi connectivity index (χ0) is 18.8. The number of Topliss-reactive ketones (excluding diaryl/α,β-unsaturated/α-hetero) is 1. The van der Waals surface area contributed by atoms with Gasteiger partial charge in [0.15, 0.2) is 6.10 Å². The van der Waals surface area contributed by atoms with Gasteiger partial charge in [-0.2, -0.15) is 0 Å². The van der Waals surface area contributed by atoms with Crippen LogP contribution in [0.5, 0.6) is 0 Å². The highest BCUT2D eigenvalue weighted by Crippen LogP contribution is 2.40. The normalized spacial score (nSPS) is 26.1. The van der Waals surface area contributed by atoms with Crippen molar-refractivity contribution in [2.75, 3.05) is 5.32 Å². The van der Waals surface area contributed by atoms with E-state index >= 15 is 0 Å². The van der Waals surface area contributed by atoms with E-state index in [9.17, 15) is 14.4 Å². The molecule has 140 valence electrons. The first-order valence-electron chi connectivity index (χ1n) is 9.16. The third-order valence-electron chi connectivity index (χ3n) is 5.50. The van der Waals surface area contributed by atoms with E-state index in [2.05, 4.69) is 5.32 Å². The molecule has 1 aromatic carbocycles. The molecule has 0 saturated heterocycles. The fourth-order valence-corrected chi connectivity index (χ4v) is 4.13. The molecule has 4 atom stereocenters. The molecule has 2 fully saturated rings. The Kier molecular flexibility index (Phi) is 5.66. The lowest BCUT2D eigenvalue weighted by Gasteiger charge is -2.36. The van der Waals surface area contributed by atoms with E-state index in [-0.39, 0.29) is 23.7 Å². The lowest BCUT2D eigenvalue weighted by Crippen LogP contribution is -2.41. The Hall–Kier alpha value is -1.88. The summed E-state index contributed by atoms with van der Waals surface area (Å²) in [6, 6.07) is 5.22. The molecule has 2 saturated carbocycles. The Bertz CT molecular complexity index is 717. The van der Waals surface area contributed by atoms with Crippen molar-refractivity contribution in [2.45, 2.75) is 52.1 Å². The Morgan fingerprint density at radius 1 is 1.23 bits per heavy atom. The number of benzene rings is 1. The van der Waals surface area contributed by atoms with E-state index in [4.69, 9.17) is 16.3 Å². The summed E-state index contributed by atoms with van der Waals surface area (Å²) in [5.41, 5.74) is 1.48. The van der Waals surface area contributed by atoms with Crippen LogP contribution in [0, 0.1) is 24.7 Å². The number of ether oxygens (including phenoxy) is 1. The first-order chi connectivity index (χ1) is 12.3. The minimum Gasteiger partial charge on any atom is -0.452 e. The van der Waals surface area contributed by atoms with Gasteiger partial charge in [-0.3, -0.25) is 14.4 Å². The molecule has 1 amide bonds. The summed E-state index contributed by atoms with van der Waals surface area (Å²) in [7, 11) is 0. The fraction of sp³-hybridized carbons (Fsp3) is 0.550. The number of hydrogen-bond donors (Lipinski definition) is 1. The van der Waals surface area contributed by atoms with Crippen LogP contribution < -0.4 is 5.32 Å². The maximum Gasteiger partial charge on any atom is 0.309 e. The van der Waals surface area contributed by atoms with Gasteiger partial charge in [-0.1, -0.05) is 24.1 Å². The summed E-state index contributed by atoms with van der Waals surface area (Å²) in [6.07, 6.45) is 2.98. The first-order valence-corrected chi connectivity index (χ1v) is 9.54. The minimum absolute atomic E-state index is 0.0155. The zero-order valence-electron chi connectivity index (χ0n) is 15.1. The highest BCUT2D eigenvalue weighted by molar-refractivity contribution is 6.31. The van der Waals surface area contributed by atoms with Crippen LogP contribution in [-0.4, -0.2) is 23.8 Å². The number of rotatable bonds is 4. The van der Waals surface area contributed by atoms with Gasteiger partial charge in [-0.25, -0.2) is 0 Å². The van der Waals surface area contributed by atoms with Crippen LogP contribution in [0.15, 0.2) is 18.2 Å². The van der Waals surface area contributed by atoms with E-state index in [0.29, 0.717) is 29.3 Å². The summed E-state index contributed by atoms with van der Waals surface area (Å²) in [5.74, 6) is -0.777. The summed E-state index contributed by atoms with van der Waals surface area (Å²) in [6.45, 7) is 3.42. The van der Waals surface area contributed by atoms with Crippen LogP contribution in [-0.2, 0) is 19.1 Å². The molecule has 1 aromatic rings. The van der Waals surface area contributed by atoms with E-state index < -0.39 is 12.0 Å². The Morgan fingerprint density at radius 2 is 1.88 bits per heavy atom.